The van der Waals surface area contributed by atoms with Crippen LogP contribution in [0.2, 0.25) is 18.1 Å². The van der Waals surface area contributed by atoms with Gasteiger partial charge in [0.15, 0.2) is 0 Å². The largest absolute Gasteiger partial charge is 0.342 e. The Morgan fingerprint density at radius 2 is 1.22 bits per heavy atom. The van der Waals surface area contributed by atoms with Crippen LogP contribution in [0.4, 0.5) is 0 Å². The number of hydrogen-bond acceptors (Lipinski definition) is 0. The van der Waals surface area contributed by atoms with Crippen LogP contribution in [-0.4, -0.2) is 8.07 Å². The molecule has 0 amide bonds. The Labute approximate surface area is 85.7 Å². The molecule has 0 unspecified atom stereocenters. The molecule has 0 saturated carbocycles. The van der Waals surface area contributed by atoms with E-state index >= 15 is 0 Å². The standard InChI is InChI=1S/C7H17Si.Y/c1-5-8(4,6-2)7-3;/h4-7H2,1-3H3;/q-1;. The zero-order chi connectivity index (χ0) is 6.62. The van der Waals surface area contributed by atoms with Crippen LogP contribution in [0.25, 0.3) is 0 Å². The van der Waals surface area contributed by atoms with Crippen LogP contribution in [0.15, 0.2) is 0 Å². The molecule has 9 heavy (non-hydrogen) atoms. The second kappa shape index (κ2) is 6.06. The van der Waals surface area contributed by atoms with Crippen LogP contribution in [-0.2, 0) is 32.7 Å². The molecule has 0 aliphatic rings. The van der Waals surface area contributed by atoms with Gasteiger partial charge in [0, 0.05) is 32.7 Å². The van der Waals surface area contributed by atoms with E-state index in [1.807, 2.05) is 0 Å². The number of hydrogen-bond donors (Lipinski definition) is 0. The summed E-state index contributed by atoms with van der Waals surface area (Å²) in [6.45, 7) is 11.1. The van der Waals surface area contributed by atoms with Gasteiger partial charge in [-0.25, -0.2) is 0 Å². The van der Waals surface area contributed by atoms with Gasteiger partial charge in [0.05, 0.1) is 0 Å². The first-order valence-corrected chi connectivity index (χ1v) is 6.36. The van der Waals surface area contributed by atoms with E-state index in [1.54, 1.807) is 0 Å². The summed E-state index contributed by atoms with van der Waals surface area (Å²) < 4.78 is 0. The predicted molar refractivity (Wildman–Crippen MR) is 42.6 cm³/mol. The molecule has 0 aliphatic carbocycles. The molecule has 0 aromatic rings. The molecule has 0 aromatic heterocycles. The van der Waals surface area contributed by atoms with E-state index < -0.39 is 8.07 Å². The molecular weight excluding hydrogens is 201 g/mol. The minimum Gasteiger partial charge on any atom is -0.342 e. The van der Waals surface area contributed by atoms with Gasteiger partial charge in [-0.3, -0.25) is 0 Å². The zero-order valence-corrected chi connectivity index (χ0v) is 10.7. The second-order valence-electron chi connectivity index (χ2n) is 2.56. The fourth-order valence-electron chi connectivity index (χ4n) is 0.750. The first kappa shape index (κ1) is 13.0. The summed E-state index contributed by atoms with van der Waals surface area (Å²) in [5, 5.41) is 0. The monoisotopic (exact) mass is 218 g/mol. The summed E-state index contributed by atoms with van der Waals surface area (Å²) in [7, 11) is -0.921. The van der Waals surface area contributed by atoms with Gasteiger partial charge in [0.25, 0.3) is 0 Å². The van der Waals surface area contributed by atoms with Gasteiger partial charge in [-0.2, -0.15) is 0 Å². The van der Waals surface area contributed by atoms with Crippen molar-refractivity contribution in [3.8, 4) is 0 Å². The quantitative estimate of drug-likeness (QED) is 0.504. The molecule has 0 N–H and O–H groups in total. The average Bonchev–Trinajstić information content (AvgIpc) is 1.87. The zero-order valence-electron chi connectivity index (χ0n) is 6.91. The Morgan fingerprint density at radius 3 is 1.22 bits per heavy atom. The topological polar surface area (TPSA) is 0 Å². The van der Waals surface area contributed by atoms with Gasteiger partial charge in [-0.05, 0) is 0 Å². The van der Waals surface area contributed by atoms with Gasteiger partial charge in [-0.1, -0.05) is 47.0 Å². The van der Waals surface area contributed by atoms with Crippen LogP contribution < -0.4 is 0 Å². The summed E-state index contributed by atoms with van der Waals surface area (Å²) in [6, 6.07) is 4.04. The third-order valence-corrected chi connectivity index (χ3v) is 6.75. The molecule has 0 rings (SSSR count). The van der Waals surface area contributed by atoms with Crippen LogP contribution in [0.1, 0.15) is 20.8 Å². The van der Waals surface area contributed by atoms with Gasteiger partial charge >= 0.3 is 0 Å². The van der Waals surface area contributed by atoms with Crippen molar-refractivity contribution in [3.05, 3.63) is 6.55 Å². The first-order chi connectivity index (χ1) is 3.68. The van der Waals surface area contributed by atoms with Gasteiger partial charge in [-0.15, -0.1) is 0 Å². The number of rotatable bonds is 3. The van der Waals surface area contributed by atoms with Gasteiger partial charge in [0.2, 0.25) is 0 Å². The van der Waals surface area contributed by atoms with E-state index in [0.717, 1.165) is 0 Å². The van der Waals surface area contributed by atoms with E-state index in [0.29, 0.717) is 0 Å². The van der Waals surface area contributed by atoms with Crippen molar-refractivity contribution < 1.29 is 32.7 Å². The average molecular weight is 218 g/mol. The van der Waals surface area contributed by atoms with Crippen LogP contribution in [0, 0.1) is 6.55 Å². The molecule has 0 nitrogen and oxygen atoms in total. The normalized spacial score (nSPS) is 10.7. The first-order valence-electron chi connectivity index (χ1n) is 3.54. The summed E-state index contributed by atoms with van der Waals surface area (Å²) in [4.78, 5) is 0. The van der Waals surface area contributed by atoms with Crippen LogP contribution in [0.5, 0.6) is 0 Å². The van der Waals surface area contributed by atoms with E-state index in [-0.39, 0.29) is 32.7 Å². The maximum atomic E-state index is 4.26. The Morgan fingerprint density at radius 1 is 1.00 bits per heavy atom. The molecular formula is C7H17SiY-. The van der Waals surface area contributed by atoms with Crippen molar-refractivity contribution >= 4 is 8.07 Å². The third kappa shape index (κ3) is 4.69. The molecule has 0 aromatic carbocycles. The maximum absolute atomic E-state index is 4.26. The van der Waals surface area contributed by atoms with Crippen molar-refractivity contribution in [2.24, 2.45) is 0 Å². The smallest absolute Gasteiger partial charge is 0 e. The van der Waals surface area contributed by atoms with E-state index in [4.69, 9.17) is 0 Å². The third-order valence-electron chi connectivity index (χ3n) is 2.25. The Hall–Kier alpha value is 1.32. The maximum Gasteiger partial charge on any atom is 0 e. The molecule has 0 aliphatic heterocycles. The second-order valence-corrected chi connectivity index (χ2v) is 7.68. The van der Waals surface area contributed by atoms with Crippen molar-refractivity contribution in [1.29, 1.82) is 0 Å². The molecule has 0 heterocycles. The van der Waals surface area contributed by atoms with Crippen molar-refractivity contribution in [3.63, 3.8) is 0 Å². The van der Waals surface area contributed by atoms with Crippen molar-refractivity contribution in [1.82, 2.24) is 0 Å². The summed E-state index contributed by atoms with van der Waals surface area (Å²) in [6.07, 6.45) is 0. The molecule has 0 atom stereocenters. The van der Waals surface area contributed by atoms with E-state index in [1.165, 1.54) is 18.1 Å². The van der Waals surface area contributed by atoms with Crippen LogP contribution in [0.3, 0.4) is 0 Å². The molecule has 2 heteroatoms. The van der Waals surface area contributed by atoms with Gasteiger partial charge in [0.1, 0.15) is 0 Å². The van der Waals surface area contributed by atoms with E-state index in [2.05, 4.69) is 27.3 Å². The molecule has 0 fully saturated rings. The minimum absolute atomic E-state index is 0. The molecule has 1 radical (unpaired) electrons. The molecule has 0 bridgehead atoms. The van der Waals surface area contributed by atoms with E-state index in [9.17, 15) is 0 Å². The Kier molecular flexibility index (Phi) is 8.72. The molecule has 53 valence electrons. The van der Waals surface area contributed by atoms with Crippen LogP contribution >= 0.6 is 0 Å². The van der Waals surface area contributed by atoms with Crippen molar-refractivity contribution in [2.45, 2.75) is 38.9 Å². The fraction of sp³-hybridized carbons (Fsp3) is 0.857. The summed E-state index contributed by atoms with van der Waals surface area (Å²) >= 11 is 0. The Balaban J connectivity index is 0. The van der Waals surface area contributed by atoms with Crippen molar-refractivity contribution in [2.75, 3.05) is 0 Å². The molecule has 0 saturated heterocycles. The SMILES string of the molecule is [CH2-][Si](CC)(CC)CC.[Y]. The summed E-state index contributed by atoms with van der Waals surface area (Å²) in [5.74, 6) is 0. The minimum atomic E-state index is -0.921. The predicted octanol–water partition coefficient (Wildman–Crippen LogP) is 2.87. The molecule has 0 spiro atoms. The summed E-state index contributed by atoms with van der Waals surface area (Å²) in [5.41, 5.74) is 0. The van der Waals surface area contributed by atoms with Gasteiger partial charge < -0.3 is 6.55 Å². The Bertz CT molecular complexity index is 51.7. The fourth-order valence-corrected chi connectivity index (χ4v) is 2.25.